The van der Waals surface area contributed by atoms with Crippen LogP contribution in [0.25, 0.3) is 0 Å². The van der Waals surface area contributed by atoms with Gasteiger partial charge in [0.1, 0.15) is 17.8 Å². The smallest absolute Gasteiger partial charge is 0.161 e. The number of hydrogen-bond donors (Lipinski definition) is 0. The lowest BCUT2D eigenvalue weighted by molar-refractivity contribution is 0.0871. The van der Waals surface area contributed by atoms with E-state index in [1.54, 1.807) is 6.07 Å². The van der Waals surface area contributed by atoms with Crippen LogP contribution in [0.2, 0.25) is 5.02 Å². The molecular formula is C15H10BrCl2FO2. The van der Waals surface area contributed by atoms with Crippen LogP contribution in [0, 0.1) is 5.82 Å². The molecule has 2 atom stereocenters. The quantitative estimate of drug-likeness (QED) is 0.506. The number of halogens is 4. The maximum absolute atomic E-state index is 14.1. The molecule has 0 amide bonds. The maximum Gasteiger partial charge on any atom is 0.161 e. The Kier molecular flexibility index (Phi) is 4.29. The zero-order valence-corrected chi connectivity index (χ0v) is 13.8. The summed E-state index contributed by atoms with van der Waals surface area (Å²) in [7, 11) is 0. The Morgan fingerprint density at radius 3 is 2.71 bits per heavy atom. The van der Waals surface area contributed by atoms with Gasteiger partial charge in [0.05, 0.1) is 5.02 Å². The van der Waals surface area contributed by atoms with Gasteiger partial charge in [-0.3, -0.25) is 0 Å². The van der Waals surface area contributed by atoms with Crippen LogP contribution < -0.4 is 9.47 Å². The molecule has 1 aliphatic heterocycles. The van der Waals surface area contributed by atoms with Crippen molar-refractivity contribution in [3.8, 4) is 11.5 Å². The standard InChI is InChI=1S/C15H10BrCl2FO2/c16-9-6-11(19)8(5-10(9)17)15(18)14-7-20-12-3-1-2-4-13(12)21-14/h1-6,14-15H,7H2. The first-order valence-electron chi connectivity index (χ1n) is 6.23. The normalized spacial score (nSPS) is 18.4. The van der Waals surface area contributed by atoms with Gasteiger partial charge in [-0.2, -0.15) is 0 Å². The third kappa shape index (κ3) is 2.98. The highest BCUT2D eigenvalue weighted by molar-refractivity contribution is 9.10. The van der Waals surface area contributed by atoms with Crippen LogP contribution >= 0.6 is 39.1 Å². The second kappa shape index (κ2) is 6.03. The molecule has 0 N–H and O–H groups in total. The van der Waals surface area contributed by atoms with E-state index in [4.69, 9.17) is 32.7 Å². The van der Waals surface area contributed by atoms with Gasteiger partial charge in [0.2, 0.25) is 0 Å². The molecule has 110 valence electrons. The van der Waals surface area contributed by atoms with Gasteiger partial charge in [-0.15, -0.1) is 11.6 Å². The number of para-hydroxylation sites is 2. The summed E-state index contributed by atoms with van der Waals surface area (Å²) in [6, 6.07) is 10.1. The topological polar surface area (TPSA) is 18.5 Å². The predicted molar refractivity (Wildman–Crippen MR) is 84.1 cm³/mol. The lowest BCUT2D eigenvalue weighted by Crippen LogP contribution is -2.33. The number of hydrogen-bond acceptors (Lipinski definition) is 2. The average Bonchev–Trinajstić information content (AvgIpc) is 2.50. The second-order valence-corrected chi connectivity index (χ2v) is 6.34. The summed E-state index contributed by atoms with van der Waals surface area (Å²) in [5.41, 5.74) is 0.290. The average molecular weight is 392 g/mol. The fourth-order valence-electron chi connectivity index (χ4n) is 2.13. The third-order valence-electron chi connectivity index (χ3n) is 3.19. The van der Waals surface area contributed by atoms with Crippen molar-refractivity contribution in [3.05, 3.63) is 57.3 Å². The van der Waals surface area contributed by atoms with E-state index in [0.29, 0.717) is 21.0 Å². The minimum Gasteiger partial charge on any atom is -0.486 e. The summed E-state index contributed by atoms with van der Waals surface area (Å²) < 4.78 is 25.9. The van der Waals surface area contributed by atoms with Gasteiger partial charge < -0.3 is 9.47 Å². The molecule has 21 heavy (non-hydrogen) atoms. The first-order valence-corrected chi connectivity index (χ1v) is 7.84. The van der Waals surface area contributed by atoms with E-state index in [9.17, 15) is 4.39 Å². The molecular weight excluding hydrogens is 382 g/mol. The molecule has 0 radical (unpaired) electrons. The first-order chi connectivity index (χ1) is 10.1. The Bertz CT molecular complexity index is 681. The largest absolute Gasteiger partial charge is 0.486 e. The Morgan fingerprint density at radius 2 is 1.95 bits per heavy atom. The van der Waals surface area contributed by atoms with E-state index in [1.165, 1.54) is 12.1 Å². The van der Waals surface area contributed by atoms with Crippen molar-refractivity contribution in [3.63, 3.8) is 0 Å². The molecule has 0 aliphatic carbocycles. The summed E-state index contributed by atoms with van der Waals surface area (Å²) in [5, 5.41) is -0.307. The number of fused-ring (bicyclic) bond motifs is 1. The Morgan fingerprint density at radius 1 is 1.24 bits per heavy atom. The molecule has 2 aromatic rings. The molecule has 2 nitrogen and oxygen atoms in total. The van der Waals surface area contributed by atoms with Gasteiger partial charge in [0.25, 0.3) is 0 Å². The molecule has 2 aromatic carbocycles. The maximum atomic E-state index is 14.1. The number of ether oxygens (including phenoxy) is 2. The first kappa shape index (κ1) is 14.9. The fraction of sp³-hybridized carbons (Fsp3) is 0.200. The molecule has 0 bridgehead atoms. The molecule has 0 saturated carbocycles. The van der Waals surface area contributed by atoms with Crippen LogP contribution in [0.3, 0.4) is 0 Å². The van der Waals surface area contributed by atoms with Gasteiger partial charge >= 0.3 is 0 Å². The van der Waals surface area contributed by atoms with E-state index in [1.807, 2.05) is 18.2 Å². The molecule has 6 heteroatoms. The summed E-state index contributed by atoms with van der Waals surface area (Å²) in [6.07, 6.45) is -0.492. The van der Waals surface area contributed by atoms with Gasteiger partial charge in [0.15, 0.2) is 17.6 Å². The molecule has 0 fully saturated rings. The van der Waals surface area contributed by atoms with Crippen LogP contribution in [0.15, 0.2) is 40.9 Å². The van der Waals surface area contributed by atoms with Crippen molar-refractivity contribution in [2.75, 3.05) is 6.61 Å². The van der Waals surface area contributed by atoms with Crippen molar-refractivity contribution in [2.45, 2.75) is 11.5 Å². The second-order valence-electron chi connectivity index (χ2n) is 4.60. The van der Waals surface area contributed by atoms with Crippen molar-refractivity contribution in [1.82, 2.24) is 0 Å². The zero-order valence-electron chi connectivity index (χ0n) is 10.7. The zero-order chi connectivity index (χ0) is 15.0. The summed E-state index contributed by atoms with van der Waals surface area (Å²) in [4.78, 5) is 0. The van der Waals surface area contributed by atoms with Crippen LogP contribution in [0.5, 0.6) is 11.5 Å². The van der Waals surface area contributed by atoms with Crippen LogP contribution in [-0.4, -0.2) is 12.7 Å². The lowest BCUT2D eigenvalue weighted by Gasteiger charge is -2.29. The Balaban J connectivity index is 1.87. The summed E-state index contributed by atoms with van der Waals surface area (Å²) >= 11 is 15.5. The highest BCUT2D eigenvalue weighted by Crippen LogP contribution is 2.38. The number of rotatable bonds is 2. The minimum absolute atomic E-state index is 0.248. The minimum atomic E-state index is -0.705. The highest BCUT2D eigenvalue weighted by atomic mass is 79.9. The van der Waals surface area contributed by atoms with Crippen LogP contribution in [0.4, 0.5) is 4.39 Å². The van der Waals surface area contributed by atoms with E-state index >= 15 is 0 Å². The SMILES string of the molecule is Fc1cc(Br)c(Cl)cc1C(Cl)C1COc2ccccc2O1. The van der Waals surface area contributed by atoms with Crippen LogP contribution in [0.1, 0.15) is 10.9 Å². The Hall–Kier alpha value is -0.970. The van der Waals surface area contributed by atoms with E-state index < -0.39 is 17.3 Å². The molecule has 0 spiro atoms. The van der Waals surface area contributed by atoms with Gasteiger partial charge in [-0.1, -0.05) is 23.7 Å². The monoisotopic (exact) mass is 390 g/mol. The fourth-order valence-corrected chi connectivity index (χ4v) is 2.91. The molecule has 0 aromatic heterocycles. The van der Waals surface area contributed by atoms with Gasteiger partial charge in [-0.25, -0.2) is 4.39 Å². The third-order valence-corrected chi connectivity index (χ3v) is 4.91. The van der Waals surface area contributed by atoms with Crippen molar-refractivity contribution >= 4 is 39.1 Å². The molecule has 1 heterocycles. The van der Waals surface area contributed by atoms with Crippen molar-refractivity contribution in [2.24, 2.45) is 0 Å². The van der Waals surface area contributed by atoms with Crippen molar-refractivity contribution < 1.29 is 13.9 Å². The van der Waals surface area contributed by atoms with E-state index in [2.05, 4.69) is 15.9 Å². The molecule has 1 aliphatic rings. The van der Waals surface area contributed by atoms with Gasteiger partial charge in [-0.05, 0) is 40.2 Å². The van der Waals surface area contributed by atoms with Crippen molar-refractivity contribution in [1.29, 1.82) is 0 Å². The highest BCUT2D eigenvalue weighted by Gasteiger charge is 2.30. The molecule has 3 rings (SSSR count). The lowest BCUT2D eigenvalue weighted by atomic mass is 10.1. The van der Waals surface area contributed by atoms with E-state index in [-0.39, 0.29) is 12.2 Å². The number of benzene rings is 2. The summed E-state index contributed by atoms with van der Waals surface area (Å²) in [6.45, 7) is 0.248. The Labute approximate surface area is 139 Å². The number of alkyl halides is 1. The van der Waals surface area contributed by atoms with E-state index in [0.717, 1.165) is 0 Å². The summed E-state index contributed by atoms with van der Waals surface area (Å²) in [5.74, 6) is 0.823. The van der Waals surface area contributed by atoms with Crippen LogP contribution in [-0.2, 0) is 0 Å². The molecule has 2 unspecified atom stereocenters. The van der Waals surface area contributed by atoms with Gasteiger partial charge in [0, 0.05) is 10.0 Å². The predicted octanol–water partition coefficient (Wildman–Crippen LogP) is 5.36. The molecule has 0 saturated heterocycles.